The Labute approximate surface area is 113 Å². The van der Waals surface area contributed by atoms with Crippen molar-refractivity contribution in [1.82, 2.24) is 14.3 Å². The molecule has 18 heavy (non-hydrogen) atoms. The van der Waals surface area contributed by atoms with Crippen molar-refractivity contribution in [3.05, 3.63) is 12.0 Å². The van der Waals surface area contributed by atoms with Gasteiger partial charge in [-0.1, -0.05) is 6.92 Å². The van der Waals surface area contributed by atoms with Crippen LogP contribution in [0, 0.1) is 5.92 Å². The van der Waals surface area contributed by atoms with E-state index in [0.717, 1.165) is 12.8 Å². The smallest absolute Gasteiger partial charge is 0.260 e. The molecule has 7 heteroatoms. The van der Waals surface area contributed by atoms with Crippen LogP contribution in [0.3, 0.4) is 0 Å². The molecule has 1 aromatic rings. The van der Waals surface area contributed by atoms with Crippen molar-refractivity contribution < 1.29 is 8.42 Å². The normalized spacial score (nSPS) is 21.6. The molecular weight excluding hydrogens is 274 g/mol. The summed E-state index contributed by atoms with van der Waals surface area (Å²) in [5.74, 6) is 1.67. The Morgan fingerprint density at radius 3 is 3.00 bits per heavy atom. The van der Waals surface area contributed by atoms with E-state index >= 15 is 0 Å². The minimum absolute atomic E-state index is 0.200. The van der Waals surface area contributed by atoms with Gasteiger partial charge in [0.1, 0.15) is 5.82 Å². The van der Waals surface area contributed by atoms with Crippen molar-refractivity contribution in [1.29, 1.82) is 0 Å². The minimum atomic E-state index is -3.41. The topological polar surface area (TPSA) is 66.1 Å². The van der Waals surface area contributed by atoms with Gasteiger partial charge in [0.2, 0.25) is 0 Å². The molecule has 1 N–H and O–H groups in total. The predicted octanol–water partition coefficient (Wildman–Crippen LogP) is 1.61. The van der Waals surface area contributed by atoms with Crippen molar-refractivity contribution in [2.45, 2.75) is 31.2 Å². The number of halogens is 1. The molecule has 2 heterocycles. The molecule has 1 unspecified atom stereocenters. The molecule has 1 fully saturated rings. The van der Waals surface area contributed by atoms with Gasteiger partial charge in [-0.2, -0.15) is 4.31 Å². The number of sulfonamides is 1. The summed E-state index contributed by atoms with van der Waals surface area (Å²) in [6.07, 6.45) is 3.87. The zero-order chi connectivity index (χ0) is 13.2. The molecule has 1 aromatic heterocycles. The molecule has 1 aliphatic heterocycles. The van der Waals surface area contributed by atoms with E-state index in [4.69, 9.17) is 11.6 Å². The van der Waals surface area contributed by atoms with Gasteiger partial charge in [0, 0.05) is 25.4 Å². The number of alkyl halides is 1. The number of hydrogen-bond donors (Lipinski definition) is 1. The Bertz CT molecular complexity index is 500. The van der Waals surface area contributed by atoms with Crippen LogP contribution in [0.25, 0.3) is 0 Å². The third-order valence-electron chi connectivity index (χ3n) is 3.32. The van der Waals surface area contributed by atoms with E-state index in [2.05, 4.69) is 9.97 Å². The lowest BCUT2D eigenvalue weighted by Crippen LogP contribution is -2.29. The van der Waals surface area contributed by atoms with Crippen LogP contribution in [0.1, 0.15) is 25.6 Å². The fourth-order valence-corrected chi connectivity index (χ4v) is 3.97. The summed E-state index contributed by atoms with van der Waals surface area (Å²) < 4.78 is 26.2. The minimum Gasteiger partial charge on any atom is -0.332 e. The number of hydrogen-bond acceptors (Lipinski definition) is 3. The number of H-pyrrole nitrogens is 1. The lowest BCUT2D eigenvalue weighted by molar-refractivity contribution is 0.451. The highest BCUT2D eigenvalue weighted by atomic mass is 35.5. The fraction of sp³-hybridized carbons (Fsp3) is 0.727. The average Bonchev–Trinajstić information content (AvgIpc) is 2.98. The van der Waals surface area contributed by atoms with Gasteiger partial charge in [-0.25, -0.2) is 13.4 Å². The first-order chi connectivity index (χ1) is 8.57. The number of nitrogens with one attached hydrogen (secondary N) is 1. The monoisotopic (exact) mass is 291 g/mol. The zero-order valence-corrected chi connectivity index (χ0v) is 12.0. The Balaban J connectivity index is 2.12. The highest BCUT2D eigenvalue weighted by Gasteiger charge is 2.33. The standard InChI is InChI=1S/C11H18ClN3O2S/c1-2-10-13-7-11(14-10)18(16,17)15-6-4-9(8-15)3-5-12/h7,9H,2-6,8H2,1H3,(H,13,14). The van der Waals surface area contributed by atoms with E-state index in [0.29, 0.717) is 37.1 Å². The van der Waals surface area contributed by atoms with E-state index < -0.39 is 10.0 Å². The van der Waals surface area contributed by atoms with Crippen molar-refractivity contribution in [3.63, 3.8) is 0 Å². The second-order valence-corrected chi connectivity index (χ2v) is 6.83. The quantitative estimate of drug-likeness (QED) is 0.838. The second-order valence-electron chi connectivity index (χ2n) is 4.54. The molecule has 102 valence electrons. The van der Waals surface area contributed by atoms with Crippen LogP contribution in [0.5, 0.6) is 0 Å². The highest BCUT2D eigenvalue weighted by molar-refractivity contribution is 7.89. The SMILES string of the molecule is CCc1ncc(S(=O)(=O)N2CCC(CCCl)C2)[nH]1. The van der Waals surface area contributed by atoms with Crippen LogP contribution in [-0.2, 0) is 16.4 Å². The van der Waals surface area contributed by atoms with Crippen LogP contribution >= 0.6 is 11.6 Å². The third kappa shape index (κ3) is 2.70. The molecule has 0 amide bonds. The molecule has 0 spiro atoms. The number of aromatic nitrogens is 2. The summed E-state index contributed by atoms with van der Waals surface area (Å²) in [6, 6.07) is 0. The molecule has 0 radical (unpaired) electrons. The average molecular weight is 292 g/mol. The summed E-state index contributed by atoms with van der Waals surface area (Å²) in [6.45, 7) is 3.07. The zero-order valence-electron chi connectivity index (χ0n) is 10.4. The number of nitrogens with zero attached hydrogens (tertiary/aromatic N) is 2. The predicted molar refractivity (Wildman–Crippen MR) is 70.2 cm³/mol. The van der Waals surface area contributed by atoms with Gasteiger partial charge in [0.25, 0.3) is 10.0 Å². The lowest BCUT2D eigenvalue weighted by atomic mass is 10.1. The molecule has 2 rings (SSSR count). The van der Waals surface area contributed by atoms with E-state index in [9.17, 15) is 8.42 Å². The number of aryl methyl sites for hydroxylation is 1. The van der Waals surface area contributed by atoms with Gasteiger partial charge < -0.3 is 4.98 Å². The number of rotatable bonds is 5. The van der Waals surface area contributed by atoms with Crippen LogP contribution in [-0.4, -0.2) is 41.7 Å². The molecule has 1 aliphatic rings. The number of aromatic amines is 1. The van der Waals surface area contributed by atoms with Crippen molar-refractivity contribution in [3.8, 4) is 0 Å². The second kappa shape index (κ2) is 5.59. The number of imidazole rings is 1. The summed E-state index contributed by atoms with van der Waals surface area (Å²) in [5.41, 5.74) is 0. The molecule has 1 saturated heterocycles. The van der Waals surface area contributed by atoms with Gasteiger partial charge in [-0.05, 0) is 18.8 Å². The van der Waals surface area contributed by atoms with Gasteiger partial charge in [-0.15, -0.1) is 11.6 Å². The van der Waals surface area contributed by atoms with Crippen LogP contribution in [0.15, 0.2) is 11.2 Å². The van der Waals surface area contributed by atoms with Gasteiger partial charge in [0.15, 0.2) is 5.03 Å². The Hall–Kier alpha value is -0.590. The fourth-order valence-electron chi connectivity index (χ4n) is 2.20. The first-order valence-electron chi connectivity index (χ1n) is 6.18. The maximum absolute atomic E-state index is 12.3. The molecule has 0 bridgehead atoms. The van der Waals surface area contributed by atoms with E-state index in [1.54, 1.807) is 0 Å². The molecular formula is C11H18ClN3O2S. The maximum Gasteiger partial charge on any atom is 0.260 e. The van der Waals surface area contributed by atoms with Gasteiger partial charge >= 0.3 is 0 Å². The molecule has 0 aliphatic carbocycles. The molecule has 0 aromatic carbocycles. The van der Waals surface area contributed by atoms with Crippen molar-refractivity contribution >= 4 is 21.6 Å². The van der Waals surface area contributed by atoms with Crippen LogP contribution in [0.4, 0.5) is 0 Å². The molecule has 0 saturated carbocycles. The summed E-state index contributed by atoms with van der Waals surface area (Å²) in [7, 11) is -3.41. The summed E-state index contributed by atoms with van der Waals surface area (Å²) >= 11 is 5.70. The first-order valence-corrected chi connectivity index (χ1v) is 8.15. The van der Waals surface area contributed by atoms with Crippen LogP contribution in [0.2, 0.25) is 0 Å². The van der Waals surface area contributed by atoms with E-state index in [1.807, 2.05) is 6.92 Å². The Kier molecular flexibility index (Phi) is 4.29. The summed E-state index contributed by atoms with van der Waals surface area (Å²) in [4.78, 5) is 6.91. The summed E-state index contributed by atoms with van der Waals surface area (Å²) in [5, 5.41) is 0.200. The first kappa shape index (κ1) is 13.8. The highest BCUT2D eigenvalue weighted by Crippen LogP contribution is 2.25. The van der Waals surface area contributed by atoms with Crippen LogP contribution < -0.4 is 0 Å². The largest absolute Gasteiger partial charge is 0.332 e. The van der Waals surface area contributed by atoms with Crippen molar-refractivity contribution in [2.24, 2.45) is 5.92 Å². The van der Waals surface area contributed by atoms with Gasteiger partial charge in [-0.3, -0.25) is 0 Å². The van der Waals surface area contributed by atoms with E-state index in [1.165, 1.54) is 10.5 Å². The maximum atomic E-state index is 12.3. The Morgan fingerprint density at radius 2 is 2.39 bits per heavy atom. The molecule has 5 nitrogen and oxygen atoms in total. The lowest BCUT2D eigenvalue weighted by Gasteiger charge is -2.14. The third-order valence-corrected chi connectivity index (χ3v) is 5.32. The molecule has 1 atom stereocenters. The van der Waals surface area contributed by atoms with Gasteiger partial charge in [0.05, 0.1) is 6.20 Å². The van der Waals surface area contributed by atoms with E-state index in [-0.39, 0.29) is 5.03 Å². The van der Waals surface area contributed by atoms with Crippen molar-refractivity contribution in [2.75, 3.05) is 19.0 Å². The Morgan fingerprint density at radius 1 is 1.61 bits per heavy atom.